The average Bonchev–Trinajstić information content (AvgIpc) is 1.88. The Morgan fingerprint density at radius 2 is 2.40 bits per heavy atom. The Morgan fingerprint density at radius 3 is 2.80 bits per heavy atom. The first kappa shape index (κ1) is 7.50. The molecule has 0 aliphatic carbocycles. The van der Waals surface area contributed by atoms with Gasteiger partial charge in [-0.25, -0.2) is 0 Å². The van der Waals surface area contributed by atoms with Gasteiger partial charge in [0.1, 0.15) is 6.04 Å². The van der Waals surface area contributed by atoms with Crippen LogP contribution in [0, 0.1) is 0 Å². The molecule has 10 heavy (non-hydrogen) atoms. The number of carbonyl (C=O) groups is 1. The van der Waals surface area contributed by atoms with Crippen molar-refractivity contribution >= 4 is 5.97 Å². The van der Waals surface area contributed by atoms with E-state index < -0.39 is 5.97 Å². The highest BCUT2D eigenvalue weighted by molar-refractivity contribution is 5.73. The maximum atomic E-state index is 10.4. The maximum absolute atomic E-state index is 10.4. The molecule has 0 aromatic heterocycles. The molecule has 1 heterocycles. The van der Waals surface area contributed by atoms with Gasteiger partial charge in [-0.3, -0.25) is 10.1 Å². The average molecular weight is 144 g/mol. The van der Waals surface area contributed by atoms with Crippen molar-refractivity contribution < 1.29 is 9.90 Å². The third-order valence-electron chi connectivity index (χ3n) is 1.63. The lowest BCUT2D eigenvalue weighted by atomic mass is 10.1. The molecule has 1 unspecified atom stereocenters. The molecule has 4 heteroatoms. The Balaban J connectivity index is 2.39. The lowest BCUT2D eigenvalue weighted by Gasteiger charge is -2.26. The number of hydrogen-bond donors (Lipinski definition) is 3. The van der Waals surface area contributed by atoms with Gasteiger partial charge in [-0.1, -0.05) is 0 Å². The van der Waals surface area contributed by atoms with E-state index in [1.54, 1.807) is 0 Å². The van der Waals surface area contributed by atoms with E-state index in [0.29, 0.717) is 6.42 Å². The molecule has 0 aromatic rings. The van der Waals surface area contributed by atoms with Gasteiger partial charge in [-0.15, -0.1) is 0 Å². The minimum atomic E-state index is -0.756. The zero-order valence-corrected chi connectivity index (χ0v) is 5.92. The summed E-state index contributed by atoms with van der Waals surface area (Å²) in [4.78, 5) is 10.4. The Morgan fingerprint density at radius 1 is 1.70 bits per heavy atom. The predicted octanol–water partition coefficient (Wildman–Crippen LogP) is -0.631. The molecular weight excluding hydrogens is 132 g/mol. The van der Waals surface area contributed by atoms with Crippen LogP contribution in [0.25, 0.3) is 0 Å². The largest absolute Gasteiger partial charge is 0.480 e. The highest BCUT2D eigenvalue weighted by Gasteiger charge is 2.22. The zero-order chi connectivity index (χ0) is 7.56. The van der Waals surface area contributed by atoms with E-state index in [1.807, 2.05) is 6.92 Å². The van der Waals surface area contributed by atoms with Crippen LogP contribution in [-0.4, -0.2) is 29.8 Å². The van der Waals surface area contributed by atoms with Crippen molar-refractivity contribution in [3.05, 3.63) is 0 Å². The van der Waals surface area contributed by atoms with Crippen LogP contribution in [0.15, 0.2) is 0 Å². The normalized spacial score (nSPS) is 33.7. The third kappa shape index (κ3) is 1.68. The van der Waals surface area contributed by atoms with Gasteiger partial charge in [0.2, 0.25) is 0 Å². The second kappa shape index (κ2) is 2.98. The summed E-state index contributed by atoms with van der Waals surface area (Å²) < 4.78 is 0. The highest BCUT2D eigenvalue weighted by Crippen LogP contribution is 1.97. The number of aliphatic carboxylic acids is 1. The molecular formula is C6H12N2O2. The Bertz CT molecular complexity index is 138. The van der Waals surface area contributed by atoms with Crippen LogP contribution in [-0.2, 0) is 4.79 Å². The second-order valence-electron chi connectivity index (χ2n) is 2.52. The first-order valence-corrected chi connectivity index (χ1v) is 3.42. The first-order chi connectivity index (χ1) is 4.70. The molecule has 58 valence electrons. The second-order valence-corrected chi connectivity index (χ2v) is 2.52. The summed E-state index contributed by atoms with van der Waals surface area (Å²) >= 11 is 0. The van der Waals surface area contributed by atoms with Gasteiger partial charge >= 0.3 is 5.97 Å². The summed E-state index contributed by atoms with van der Waals surface area (Å²) in [5.41, 5.74) is 0. The summed E-state index contributed by atoms with van der Waals surface area (Å²) in [6.45, 7) is 2.69. The Hall–Kier alpha value is -0.610. The van der Waals surface area contributed by atoms with Gasteiger partial charge in [0.15, 0.2) is 0 Å². The van der Waals surface area contributed by atoms with Gasteiger partial charge in [-0.05, 0) is 19.9 Å². The molecule has 0 spiro atoms. The fourth-order valence-electron chi connectivity index (χ4n) is 1.08. The van der Waals surface area contributed by atoms with Crippen LogP contribution in [0.5, 0.6) is 0 Å². The van der Waals surface area contributed by atoms with Crippen LogP contribution in [0.2, 0.25) is 0 Å². The van der Waals surface area contributed by atoms with Crippen LogP contribution in [0.1, 0.15) is 13.3 Å². The van der Waals surface area contributed by atoms with Crippen molar-refractivity contribution in [2.24, 2.45) is 0 Å². The molecule has 0 amide bonds. The Labute approximate surface area is 59.6 Å². The van der Waals surface area contributed by atoms with Gasteiger partial charge in [0.25, 0.3) is 0 Å². The van der Waals surface area contributed by atoms with Crippen LogP contribution < -0.4 is 10.6 Å². The van der Waals surface area contributed by atoms with Crippen molar-refractivity contribution in [2.45, 2.75) is 25.6 Å². The SMILES string of the molecule is CC1NCC[C@@H](C(=O)O)N1. The molecule has 0 bridgehead atoms. The quantitative estimate of drug-likeness (QED) is 0.458. The number of carboxylic acid groups (broad SMARTS) is 1. The van der Waals surface area contributed by atoms with Gasteiger partial charge in [-0.2, -0.15) is 0 Å². The standard InChI is InChI=1S/C6H12N2O2/c1-4-7-3-2-5(8-4)6(9)10/h4-5,7-8H,2-3H2,1H3,(H,9,10)/t4?,5-/m0/s1. The van der Waals surface area contributed by atoms with E-state index in [-0.39, 0.29) is 12.2 Å². The first-order valence-electron chi connectivity index (χ1n) is 3.42. The lowest BCUT2D eigenvalue weighted by Crippen LogP contribution is -2.54. The molecule has 1 saturated heterocycles. The molecule has 0 saturated carbocycles. The number of carboxylic acids is 1. The monoisotopic (exact) mass is 144 g/mol. The Kier molecular flexibility index (Phi) is 2.24. The van der Waals surface area contributed by atoms with E-state index in [0.717, 1.165) is 6.54 Å². The van der Waals surface area contributed by atoms with Crippen molar-refractivity contribution in [1.29, 1.82) is 0 Å². The maximum Gasteiger partial charge on any atom is 0.320 e. The van der Waals surface area contributed by atoms with Crippen LogP contribution in [0.3, 0.4) is 0 Å². The van der Waals surface area contributed by atoms with Crippen molar-refractivity contribution in [2.75, 3.05) is 6.54 Å². The molecule has 0 aromatic carbocycles. The fourth-order valence-corrected chi connectivity index (χ4v) is 1.08. The number of hydrogen-bond acceptors (Lipinski definition) is 3. The minimum absolute atomic E-state index is 0.120. The summed E-state index contributed by atoms with van der Waals surface area (Å²) in [5, 5.41) is 14.6. The zero-order valence-electron chi connectivity index (χ0n) is 5.92. The van der Waals surface area contributed by atoms with Gasteiger partial charge in [0.05, 0.1) is 6.17 Å². The third-order valence-corrected chi connectivity index (χ3v) is 1.63. The van der Waals surface area contributed by atoms with E-state index >= 15 is 0 Å². The summed E-state index contributed by atoms with van der Waals surface area (Å²) in [7, 11) is 0. The summed E-state index contributed by atoms with van der Waals surface area (Å²) in [6, 6.07) is -0.365. The summed E-state index contributed by atoms with van der Waals surface area (Å²) in [6.07, 6.45) is 0.787. The minimum Gasteiger partial charge on any atom is -0.480 e. The molecule has 0 radical (unpaired) electrons. The van der Waals surface area contributed by atoms with E-state index in [2.05, 4.69) is 10.6 Å². The van der Waals surface area contributed by atoms with Crippen molar-refractivity contribution in [3.63, 3.8) is 0 Å². The van der Waals surface area contributed by atoms with Gasteiger partial charge in [0, 0.05) is 0 Å². The van der Waals surface area contributed by atoms with Crippen LogP contribution in [0.4, 0.5) is 0 Å². The molecule has 2 atom stereocenters. The van der Waals surface area contributed by atoms with Crippen molar-refractivity contribution in [1.82, 2.24) is 10.6 Å². The predicted molar refractivity (Wildman–Crippen MR) is 36.6 cm³/mol. The van der Waals surface area contributed by atoms with Crippen molar-refractivity contribution in [3.8, 4) is 0 Å². The summed E-state index contributed by atoms with van der Waals surface area (Å²) in [5.74, 6) is -0.756. The molecule has 1 aliphatic heterocycles. The van der Waals surface area contributed by atoms with E-state index in [4.69, 9.17) is 5.11 Å². The fraction of sp³-hybridized carbons (Fsp3) is 0.833. The van der Waals surface area contributed by atoms with E-state index in [9.17, 15) is 4.79 Å². The molecule has 1 aliphatic rings. The highest BCUT2D eigenvalue weighted by atomic mass is 16.4. The molecule has 3 N–H and O–H groups in total. The topological polar surface area (TPSA) is 61.4 Å². The number of nitrogens with one attached hydrogen (secondary N) is 2. The number of rotatable bonds is 1. The van der Waals surface area contributed by atoms with Gasteiger partial charge < -0.3 is 10.4 Å². The van der Waals surface area contributed by atoms with E-state index in [1.165, 1.54) is 0 Å². The lowest BCUT2D eigenvalue weighted by molar-refractivity contribution is -0.140. The molecule has 1 rings (SSSR count). The molecule has 1 fully saturated rings. The van der Waals surface area contributed by atoms with Crippen LogP contribution >= 0.6 is 0 Å². The molecule has 4 nitrogen and oxygen atoms in total. The smallest absolute Gasteiger partial charge is 0.320 e.